The first-order chi connectivity index (χ1) is 8.15. The number of nitrogens with one attached hydrogen (secondary N) is 1. The van der Waals surface area contributed by atoms with Gasteiger partial charge < -0.3 is 11.1 Å². The van der Waals surface area contributed by atoms with Gasteiger partial charge in [-0.15, -0.1) is 23.7 Å². The number of carbonyl (C=O) groups excluding carboxylic acids is 1. The Morgan fingerprint density at radius 1 is 1.56 bits per heavy atom. The van der Waals surface area contributed by atoms with E-state index in [4.69, 9.17) is 5.73 Å². The zero-order valence-corrected chi connectivity index (χ0v) is 13.7. The average Bonchev–Trinajstić information content (AvgIpc) is 2.69. The minimum absolute atomic E-state index is 0. The molecule has 1 aromatic heterocycles. The van der Waals surface area contributed by atoms with Gasteiger partial charge in [0, 0.05) is 17.5 Å². The zero-order chi connectivity index (χ0) is 12.7. The molecule has 1 heterocycles. The lowest BCUT2D eigenvalue weighted by Crippen LogP contribution is -2.40. The minimum atomic E-state index is 0. The second-order valence-electron chi connectivity index (χ2n) is 4.02. The highest BCUT2D eigenvalue weighted by molar-refractivity contribution is 9.11. The fourth-order valence-corrected chi connectivity index (χ4v) is 3.06. The molecule has 18 heavy (non-hydrogen) atoms. The molecule has 1 atom stereocenters. The molecule has 1 rings (SSSR count). The van der Waals surface area contributed by atoms with E-state index in [-0.39, 0.29) is 24.4 Å². The van der Waals surface area contributed by atoms with Gasteiger partial charge in [-0.05, 0) is 34.5 Å². The number of thiophene rings is 1. The van der Waals surface area contributed by atoms with Crippen LogP contribution in [0.4, 0.5) is 0 Å². The summed E-state index contributed by atoms with van der Waals surface area (Å²) in [5, 5.41) is 2.99. The number of hydrogen-bond donors (Lipinski definition) is 2. The highest BCUT2D eigenvalue weighted by atomic mass is 79.9. The van der Waals surface area contributed by atoms with Gasteiger partial charge in [0.2, 0.25) is 5.91 Å². The number of nitrogens with two attached hydrogens (primary N) is 1. The molecule has 0 saturated heterocycles. The normalized spacial score (nSPS) is 11.7. The molecule has 0 aromatic carbocycles. The Kier molecular flexibility index (Phi) is 9.73. The second kappa shape index (κ2) is 9.78. The molecule has 3 nitrogen and oxygen atoms in total. The monoisotopic (exact) mass is 354 g/mol. The van der Waals surface area contributed by atoms with E-state index in [9.17, 15) is 4.79 Å². The first-order valence-electron chi connectivity index (χ1n) is 5.89. The number of halogens is 2. The molecule has 0 saturated carbocycles. The summed E-state index contributed by atoms with van der Waals surface area (Å²) in [6.45, 7) is 2.65. The van der Waals surface area contributed by atoms with Gasteiger partial charge in [-0.3, -0.25) is 4.79 Å². The largest absolute Gasteiger partial charge is 0.352 e. The van der Waals surface area contributed by atoms with Crippen LogP contribution >= 0.6 is 39.7 Å². The van der Waals surface area contributed by atoms with Crippen LogP contribution < -0.4 is 11.1 Å². The molecule has 1 aromatic rings. The Morgan fingerprint density at radius 3 is 2.78 bits per heavy atom. The third-order valence-electron chi connectivity index (χ3n) is 2.52. The molecule has 104 valence electrons. The van der Waals surface area contributed by atoms with Crippen LogP contribution in [0.5, 0.6) is 0 Å². The topological polar surface area (TPSA) is 55.1 Å². The maximum absolute atomic E-state index is 11.8. The second-order valence-corrected chi connectivity index (χ2v) is 6.57. The molecule has 0 fully saturated rings. The van der Waals surface area contributed by atoms with Gasteiger partial charge in [0.15, 0.2) is 0 Å². The number of carbonyl (C=O) groups is 1. The van der Waals surface area contributed by atoms with Crippen molar-refractivity contribution in [2.75, 3.05) is 6.54 Å². The van der Waals surface area contributed by atoms with E-state index in [1.165, 1.54) is 0 Å². The third kappa shape index (κ3) is 6.73. The average molecular weight is 356 g/mol. The van der Waals surface area contributed by atoms with E-state index in [0.29, 0.717) is 13.0 Å². The molecule has 0 spiro atoms. The van der Waals surface area contributed by atoms with Crippen LogP contribution in [0, 0.1) is 0 Å². The lowest BCUT2D eigenvalue weighted by atomic mass is 10.1. The summed E-state index contributed by atoms with van der Waals surface area (Å²) in [7, 11) is 0. The molecule has 0 bridgehead atoms. The maximum Gasteiger partial charge on any atom is 0.225 e. The molecular formula is C12H20BrClN2OS. The summed E-state index contributed by atoms with van der Waals surface area (Å²) in [6.07, 6.45) is 3.64. The van der Waals surface area contributed by atoms with Gasteiger partial charge >= 0.3 is 0 Å². The van der Waals surface area contributed by atoms with Crippen molar-refractivity contribution in [2.24, 2.45) is 5.73 Å². The van der Waals surface area contributed by atoms with Crippen molar-refractivity contribution in [1.29, 1.82) is 0 Å². The van der Waals surface area contributed by atoms with E-state index in [1.54, 1.807) is 11.3 Å². The highest BCUT2D eigenvalue weighted by Crippen LogP contribution is 2.22. The standard InChI is InChI=1S/C12H19BrN2OS.ClH/c1-2-3-4-9(8-14)15-12(16)7-10-5-6-11(13)17-10;/h5-6,9H,2-4,7-8,14H2,1H3,(H,15,16);1H. The smallest absolute Gasteiger partial charge is 0.225 e. The van der Waals surface area contributed by atoms with E-state index in [1.807, 2.05) is 12.1 Å². The fraction of sp³-hybridized carbons (Fsp3) is 0.583. The summed E-state index contributed by atoms with van der Waals surface area (Å²) < 4.78 is 1.06. The van der Waals surface area contributed by atoms with Gasteiger partial charge in [0.25, 0.3) is 0 Å². The summed E-state index contributed by atoms with van der Waals surface area (Å²) >= 11 is 4.98. The molecule has 0 aliphatic carbocycles. The third-order valence-corrected chi connectivity index (χ3v) is 4.14. The Labute approximate surface area is 127 Å². The van der Waals surface area contributed by atoms with Gasteiger partial charge in [-0.25, -0.2) is 0 Å². The van der Waals surface area contributed by atoms with Crippen LogP contribution in [0.3, 0.4) is 0 Å². The summed E-state index contributed by atoms with van der Waals surface area (Å²) in [6, 6.07) is 4.05. The molecular weight excluding hydrogens is 336 g/mol. The number of unbranched alkanes of at least 4 members (excludes halogenated alkanes) is 1. The SMILES string of the molecule is CCCCC(CN)NC(=O)Cc1ccc(Br)s1.Cl. The Bertz CT molecular complexity index is 360. The van der Waals surface area contributed by atoms with E-state index in [0.717, 1.165) is 27.9 Å². The van der Waals surface area contributed by atoms with Gasteiger partial charge in [0.1, 0.15) is 0 Å². The Hall–Kier alpha value is -0.100. The van der Waals surface area contributed by atoms with Gasteiger partial charge in [0.05, 0.1) is 10.2 Å². The van der Waals surface area contributed by atoms with Crippen LogP contribution in [0.2, 0.25) is 0 Å². The van der Waals surface area contributed by atoms with Crippen molar-refractivity contribution in [3.63, 3.8) is 0 Å². The highest BCUT2D eigenvalue weighted by Gasteiger charge is 2.11. The van der Waals surface area contributed by atoms with Crippen molar-refractivity contribution < 1.29 is 4.79 Å². The maximum atomic E-state index is 11.8. The molecule has 6 heteroatoms. The van der Waals surface area contributed by atoms with Gasteiger partial charge in [-0.1, -0.05) is 19.8 Å². The van der Waals surface area contributed by atoms with Crippen LogP contribution in [-0.4, -0.2) is 18.5 Å². The van der Waals surface area contributed by atoms with E-state index < -0.39 is 0 Å². The van der Waals surface area contributed by atoms with Crippen LogP contribution in [0.25, 0.3) is 0 Å². The Morgan fingerprint density at radius 2 is 2.28 bits per heavy atom. The van der Waals surface area contributed by atoms with Crippen molar-refractivity contribution in [1.82, 2.24) is 5.32 Å². The molecule has 3 N–H and O–H groups in total. The van der Waals surface area contributed by atoms with Crippen molar-refractivity contribution >= 4 is 45.6 Å². The summed E-state index contributed by atoms with van der Waals surface area (Å²) in [4.78, 5) is 12.8. The number of rotatable bonds is 7. The first-order valence-corrected chi connectivity index (χ1v) is 7.50. The predicted molar refractivity (Wildman–Crippen MR) is 83.5 cm³/mol. The minimum Gasteiger partial charge on any atom is -0.352 e. The van der Waals surface area contributed by atoms with Crippen molar-refractivity contribution in [2.45, 2.75) is 38.6 Å². The Balaban J connectivity index is 0.00000289. The number of amides is 1. The molecule has 1 amide bonds. The summed E-state index contributed by atoms with van der Waals surface area (Å²) in [5.74, 6) is 0.0610. The fourth-order valence-electron chi connectivity index (χ4n) is 1.58. The zero-order valence-electron chi connectivity index (χ0n) is 10.4. The summed E-state index contributed by atoms with van der Waals surface area (Å²) in [5.41, 5.74) is 5.64. The first kappa shape index (κ1) is 17.9. The van der Waals surface area contributed by atoms with Crippen LogP contribution in [0.15, 0.2) is 15.9 Å². The van der Waals surface area contributed by atoms with Crippen LogP contribution in [0.1, 0.15) is 31.1 Å². The molecule has 0 aliphatic heterocycles. The molecule has 1 unspecified atom stereocenters. The molecule has 0 radical (unpaired) electrons. The van der Waals surface area contributed by atoms with Crippen molar-refractivity contribution in [3.05, 3.63) is 20.8 Å². The van der Waals surface area contributed by atoms with Crippen molar-refractivity contribution in [3.8, 4) is 0 Å². The number of hydrogen-bond acceptors (Lipinski definition) is 3. The van der Waals surface area contributed by atoms with E-state index >= 15 is 0 Å². The quantitative estimate of drug-likeness (QED) is 0.789. The van der Waals surface area contributed by atoms with Crippen LogP contribution in [-0.2, 0) is 11.2 Å². The van der Waals surface area contributed by atoms with E-state index in [2.05, 4.69) is 28.2 Å². The lowest BCUT2D eigenvalue weighted by molar-refractivity contribution is -0.121. The lowest BCUT2D eigenvalue weighted by Gasteiger charge is -2.16. The van der Waals surface area contributed by atoms with Gasteiger partial charge in [-0.2, -0.15) is 0 Å². The molecule has 0 aliphatic rings. The predicted octanol–water partition coefficient (Wildman–Crippen LogP) is 3.11.